The molecule has 3 saturated heterocycles. The Morgan fingerprint density at radius 3 is 1.17 bits per heavy atom. The lowest BCUT2D eigenvalue weighted by atomic mass is 9.80. The van der Waals surface area contributed by atoms with Crippen LogP contribution in [0.2, 0.25) is 0 Å². The molecule has 18 nitrogen and oxygen atoms in total. The molecule has 3 aliphatic carbocycles. The second-order valence-electron chi connectivity index (χ2n) is 32.1. The summed E-state index contributed by atoms with van der Waals surface area (Å²) < 4.78 is 138. The summed E-state index contributed by atoms with van der Waals surface area (Å²) in [7, 11) is -10.1. The minimum atomic E-state index is -4.09. The Labute approximate surface area is 625 Å². The number of likely N-dealkylation sites (tertiary alicyclic amines) is 3. The maximum Gasteiger partial charge on any atom is 0.261 e. The van der Waals surface area contributed by atoms with Crippen molar-refractivity contribution >= 4 is 97.6 Å². The number of aryl methyl sites for hydroxylation is 1. The van der Waals surface area contributed by atoms with Crippen LogP contribution in [0.3, 0.4) is 0 Å². The van der Waals surface area contributed by atoms with Gasteiger partial charge in [-0.25, -0.2) is 38.4 Å². The average Bonchev–Trinajstić information content (AvgIpc) is 1.63. The summed E-state index contributed by atoms with van der Waals surface area (Å²) in [6, 6.07) is 30.9. The van der Waals surface area contributed by atoms with Gasteiger partial charge >= 0.3 is 0 Å². The molecule has 4 unspecified atom stereocenters. The Hall–Kier alpha value is -8.61. The number of carbonyl (C=O) groups excluding carboxylic acids is 3. The highest BCUT2D eigenvalue weighted by Gasteiger charge is 2.42. The van der Waals surface area contributed by atoms with Crippen LogP contribution in [0.1, 0.15) is 146 Å². The van der Waals surface area contributed by atoms with Gasteiger partial charge < -0.3 is 28.4 Å². The highest BCUT2D eigenvalue weighted by Crippen LogP contribution is 2.47. The van der Waals surface area contributed by atoms with Crippen molar-refractivity contribution in [3.63, 3.8) is 0 Å². The van der Waals surface area contributed by atoms with E-state index in [1.54, 1.807) is 18.2 Å². The van der Waals surface area contributed by atoms with E-state index < -0.39 is 47.5 Å². The van der Waals surface area contributed by atoms with E-state index in [2.05, 4.69) is 74.5 Å². The number of rotatable bonds is 20. The Morgan fingerprint density at radius 2 is 0.785 bits per heavy atom. The molecular weight excluding hydrogens is 1420 g/mol. The van der Waals surface area contributed by atoms with E-state index in [4.69, 9.17) is 0 Å². The van der Waals surface area contributed by atoms with Crippen LogP contribution in [0, 0.1) is 70.7 Å². The summed E-state index contributed by atoms with van der Waals surface area (Å²) in [6.07, 6.45) is 18.0. The third kappa shape index (κ3) is 15.2. The number of halogens is 3. The summed E-state index contributed by atoms with van der Waals surface area (Å²) in [5.41, 5.74) is 7.28. The Balaban J connectivity index is 0.617. The van der Waals surface area contributed by atoms with E-state index in [0.717, 1.165) is 150 Å². The van der Waals surface area contributed by atoms with Crippen molar-refractivity contribution in [1.29, 1.82) is 0 Å². The number of benzene rings is 6. The predicted octanol–water partition coefficient (Wildman–Crippen LogP) is 15.8. The van der Waals surface area contributed by atoms with Crippen LogP contribution in [-0.2, 0) is 64.6 Å². The molecule has 566 valence electrons. The molecule has 0 radical (unpaired) electrons. The molecule has 3 amide bonds. The lowest BCUT2D eigenvalue weighted by Gasteiger charge is -2.39. The largest absolute Gasteiger partial charge is 0.350 e. The van der Waals surface area contributed by atoms with Crippen LogP contribution in [0.4, 0.5) is 30.2 Å². The summed E-state index contributed by atoms with van der Waals surface area (Å²) in [4.78, 5) is 49.5. The van der Waals surface area contributed by atoms with E-state index in [1.807, 2.05) is 57.8 Å². The predicted molar refractivity (Wildman–Crippen MR) is 411 cm³/mol. The van der Waals surface area contributed by atoms with Crippen molar-refractivity contribution < 1.29 is 52.8 Å². The molecular formula is C83H96F3N9O9S3. The van der Waals surface area contributed by atoms with Crippen molar-refractivity contribution in [2.24, 2.45) is 60.3 Å². The number of amides is 3. The summed E-state index contributed by atoms with van der Waals surface area (Å²) in [5, 5.41) is 2.76. The SMILES string of the molecule is C[C@@H]1CN(C(=O)C2CCC(Cn3cc([C@@H]4CCN(C(=O)C5CCC(Cn6cc([C@@H]7CCN(C(=O)[C@H](C)C8CCCC8)C[C@@H]7C)c7cc(NS(=O)(=O)c8ccc(F)cc8)ccc76)C5)C[C@@H]4C)c4cc(NS(=O)(=O)c5ccc(F)cc5)ccc43)C2)CC[C@@H]1c1cn(C)c2ccc(NS(=O)(=O)c3ccc(F)cc3)cc12. The molecule has 15 rings (SSSR count). The number of anilines is 3. The summed E-state index contributed by atoms with van der Waals surface area (Å²) in [5.74, 6) is -0.0464. The third-order valence-electron chi connectivity index (χ3n) is 25.0. The molecule has 24 heteroatoms. The molecule has 6 aliphatic rings. The monoisotopic (exact) mass is 1520 g/mol. The highest BCUT2D eigenvalue weighted by atomic mass is 32.2. The fraction of sp³-hybridized carbons (Fsp3) is 0.458. The first-order valence-electron chi connectivity index (χ1n) is 38.3. The first kappa shape index (κ1) is 73.9. The van der Waals surface area contributed by atoms with Crippen molar-refractivity contribution in [2.75, 3.05) is 53.4 Å². The van der Waals surface area contributed by atoms with Crippen molar-refractivity contribution in [3.05, 3.63) is 180 Å². The molecule has 3 N–H and O–H groups in total. The molecule has 3 saturated carbocycles. The molecule has 6 fully saturated rings. The number of hydrogen-bond acceptors (Lipinski definition) is 9. The van der Waals surface area contributed by atoms with Crippen molar-refractivity contribution in [1.82, 2.24) is 28.4 Å². The molecule has 0 spiro atoms. The van der Waals surface area contributed by atoms with Crippen LogP contribution in [0.15, 0.2) is 161 Å². The number of fused-ring (bicyclic) bond motifs is 3. The smallest absolute Gasteiger partial charge is 0.261 e. The zero-order valence-corrected chi connectivity index (χ0v) is 63.8. The topological polar surface area (TPSA) is 214 Å². The van der Waals surface area contributed by atoms with E-state index in [-0.39, 0.29) is 97.5 Å². The lowest BCUT2D eigenvalue weighted by molar-refractivity contribution is -0.139. The zero-order valence-electron chi connectivity index (χ0n) is 61.4. The summed E-state index contributed by atoms with van der Waals surface area (Å²) >= 11 is 0. The third-order valence-corrected chi connectivity index (χ3v) is 29.2. The molecule has 6 aromatic carbocycles. The first-order chi connectivity index (χ1) is 51.2. The van der Waals surface area contributed by atoms with Gasteiger partial charge in [0.1, 0.15) is 17.5 Å². The second kappa shape index (κ2) is 29.8. The summed E-state index contributed by atoms with van der Waals surface area (Å²) in [6.45, 7) is 13.5. The minimum Gasteiger partial charge on any atom is -0.350 e. The number of sulfonamides is 3. The second-order valence-corrected chi connectivity index (χ2v) is 37.1. The van der Waals surface area contributed by atoms with Gasteiger partial charge in [0.2, 0.25) is 17.7 Å². The van der Waals surface area contributed by atoms with E-state index in [0.29, 0.717) is 81.8 Å². The quantitative estimate of drug-likeness (QED) is 0.0661. The van der Waals surface area contributed by atoms with Gasteiger partial charge in [0.05, 0.1) is 14.7 Å². The maximum absolute atomic E-state index is 14.9. The minimum absolute atomic E-state index is 0.00894. The van der Waals surface area contributed by atoms with Crippen molar-refractivity contribution in [3.8, 4) is 0 Å². The van der Waals surface area contributed by atoms with Crippen LogP contribution in [0.5, 0.6) is 0 Å². The molecule has 11 atom stereocenters. The number of carbonyl (C=O) groups is 3. The number of piperidine rings is 3. The van der Waals surface area contributed by atoms with Gasteiger partial charge in [-0.2, -0.15) is 0 Å². The number of hydrogen-bond donors (Lipinski definition) is 3. The maximum atomic E-state index is 14.9. The normalized spacial score (nSPS) is 24.4. The molecule has 9 aromatic rings. The van der Waals surface area contributed by atoms with Crippen LogP contribution in [0.25, 0.3) is 32.7 Å². The molecule has 3 aliphatic heterocycles. The van der Waals surface area contributed by atoms with Crippen LogP contribution >= 0.6 is 0 Å². The van der Waals surface area contributed by atoms with Gasteiger partial charge in [-0.05, 0) is 268 Å². The van der Waals surface area contributed by atoms with Gasteiger partial charge in [-0.15, -0.1) is 0 Å². The Bertz CT molecular complexity index is 5220. The van der Waals surface area contributed by atoms with E-state index in [9.17, 15) is 52.8 Å². The van der Waals surface area contributed by atoms with Gasteiger partial charge in [-0.1, -0.05) is 40.5 Å². The van der Waals surface area contributed by atoms with Crippen LogP contribution in [-0.4, -0.2) is 111 Å². The molecule has 0 bridgehead atoms. The fourth-order valence-electron chi connectivity index (χ4n) is 19.3. The van der Waals surface area contributed by atoms with Gasteiger partial charge in [0.25, 0.3) is 30.1 Å². The van der Waals surface area contributed by atoms with Crippen molar-refractivity contribution in [2.45, 2.75) is 157 Å². The zero-order chi connectivity index (χ0) is 75.0. The van der Waals surface area contributed by atoms with Gasteiger partial charge in [-0.3, -0.25) is 28.5 Å². The van der Waals surface area contributed by atoms with Gasteiger partial charge in [0.15, 0.2) is 0 Å². The van der Waals surface area contributed by atoms with Crippen LogP contribution < -0.4 is 14.2 Å². The standard InChI is InChI=1S/C83H96F3N9O9S3/c1-51-43-91(81(96)54(4)57-8-6-7-9-57)35-32-70(51)76-49-94(79-30-21-64(41-73(76)79)88-106(101,102)67-25-16-61(85)17-26-67)46-56-11-13-59(39-56)83(98)93-37-34-71(53(3)45-93)77-50-95(80-31-22-65(42-74(77)80)89-107(103,104)68-27-18-62(86)19-28-68)47-55-10-12-58(38-55)82(97)92-36-33-69(52(2)44-92)75-48-90(5)78-29-20-63(40-72(75)78)87-105(99,100)66-23-14-60(84)15-24-66/h14-31,40-42,48-59,69-71,87-89H,6-13,32-39,43-47H2,1-5H3/t51-,52+,53-,54+,55?,56?,58?,59?,69-,70+,71+/m0/s1. The number of nitrogens with zero attached hydrogens (tertiary/aromatic N) is 6. The molecule has 107 heavy (non-hydrogen) atoms. The lowest BCUT2D eigenvalue weighted by Crippen LogP contribution is -2.45. The molecule has 3 aromatic heterocycles. The fourth-order valence-corrected chi connectivity index (χ4v) is 22.5. The first-order valence-corrected chi connectivity index (χ1v) is 42.7. The van der Waals surface area contributed by atoms with E-state index >= 15 is 0 Å². The number of aromatic nitrogens is 3. The highest BCUT2D eigenvalue weighted by molar-refractivity contribution is 7.93. The Kier molecular flexibility index (Phi) is 20.5. The van der Waals surface area contributed by atoms with Gasteiger partial charge in [0, 0.05) is 146 Å². The Morgan fingerprint density at radius 1 is 0.439 bits per heavy atom. The number of nitrogens with one attached hydrogen (secondary N) is 3. The molecule has 6 heterocycles. The average molecular weight is 1520 g/mol. The van der Waals surface area contributed by atoms with E-state index in [1.165, 1.54) is 49.2 Å².